The minimum atomic E-state index is -0.202. The number of hydrogen-bond acceptors (Lipinski definition) is 2. The standard InChI is InChI=1S/C16H15BrO2/c1-19-16(18)14-9-13(10-6-7-11(14)8-10)12-4-2-3-5-15(12)17/h2-7,9-11,13H,8H2,1H3/t10-,11+,13+/m1/s1. The van der Waals surface area contributed by atoms with Gasteiger partial charge in [0.15, 0.2) is 0 Å². The maximum Gasteiger partial charge on any atom is 0.334 e. The largest absolute Gasteiger partial charge is 0.466 e. The molecule has 0 aromatic heterocycles. The zero-order valence-corrected chi connectivity index (χ0v) is 12.3. The minimum absolute atomic E-state index is 0.202. The van der Waals surface area contributed by atoms with Crippen LogP contribution in [0.15, 0.2) is 52.5 Å². The normalized spacial score (nSPS) is 28.1. The van der Waals surface area contributed by atoms with Crippen LogP contribution in [0.25, 0.3) is 0 Å². The molecule has 0 aliphatic heterocycles. The molecule has 2 bridgehead atoms. The topological polar surface area (TPSA) is 26.3 Å². The molecule has 0 N–H and O–H groups in total. The van der Waals surface area contributed by atoms with Crippen molar-refractivity contribution >= 4 is 21.9 Å². The number of carbonyl (C=O) groups is 1. The Balaban J connectivity index is 2.04. The molecule has 0 spiro atoms. The van der Waals surface area contributed by atoms with Gasteiger partial charge in [0.2, 0.25) is 0 Å². The van der Waals surface area contributed by atoms with Crippen molar-refractivity contribution in [1.29, 1.82) is 0 Å². The molecular weight excluding hydrogens is 304 g/mol. The molecule has 0 saturated carbocycles. The molecular formula is C16H15BrO2. The fourth-order valence-electron chi connectivity index (χ4n) is 3.07. The Labute approximate surface area is 121 Å². The molecule has 3 heteroatoms. The summed E-state index contributed by atoms with van der Waals surface area (Å²) >= 11 is 3.61. The third-order valence-corrected chi connectivity index (χ3v) is 4.74. The van der Waals surface area contributed by atoms with Gasteiger partial charge in [-0.15, -0.1) is 0 Å². The lowest BCUT2D eigenvalue weighted by Crippen LogP contribution is -2.21. The number of hydrogen-bond donors (Lipinski definition) is 0. The van der Waals surface area contributed by atoms with Crippen LogP contribution in [-0.2, 0) is 9.53 Å². The van der Waals surface area contributed by atoms with Crippen LogP contribution in [0, 0.1) is 11.8 Å². The highest BCUT2D eigenvalue weighted by atomic mass is 79.9. The number of esters is 1. The van der Waals surface area contributed by atoms with E-state index in [-0.39, 0.29) is 17.8 Å². The third kappa shape index (κ3) is 2.16. The van der Waals surface area contributed by atoms with Crippen molar-refractivity contribution in [3.8, 4) is 0 Å². The number of benzene rings is 1. The summed E-state index contributed by atoms with van der Waals surface area (Å²) in [6.45, 7) is 0. The minimum Gasteiger partial charge on any atom is -0.466 e. The van der Waals surface area contributed by atoms with Crippen LogP contribution < -0.4 is 0 Å². The van der Waals surface area contributed by atoms with Gasteiger partial charge in [-0.1, -0.05) is 52.4 Å². The average molecular weight is 319 g/mol. The lowest BCUT2D eigenvalue weighted by molar-refractivity contribution is -0.136. The Morgan fingerprint density at radius 3 is 2.84 bits per heavy atom. The molecule has 98 valence electrons. The average Bonchev–Trinajstić information content (AvgIpc) is 2.84. The molecule has 19 heavy (non-hydrogen) atoms. The highest BCUT2D eigenvalue weighted by molar-refractivity contribution is 9.10. The van der Waals surface area contributed by atoms with Gasteiger partial charge in [0.25, 0.3) is 0 Å². The number of fused-ring (bicyclic) bond motifs is 2. The number of carbonyl (C=O) groups excluding carboxylic acids is 1. The van der Waals surface area contributed by atoms with Crippen molar-refractivity contribution in [2.75, 3.05) is 7.11 Å². The fraction of sp³-hybridized carbons (Fsp3) is 0.312. The molecule has 0 heterocycles. The van der Waals surface area contributed by atoms with Crippen LogP contribution in [0.3, 0.4) is 0 Å². The molecule has 1 aromatic rings. The Morgan fingerprint density at radius 1 is 1.32 bits per heavy atom. The van der Waals surface area contributed by atoms with Gasteiger partial charge in [0, 0.05) is 21.9 Å². The van der Waals surface area contributed by atoms with Gasteiger partial charge in [0.1, 0.15) is 0 Å². The highest BCUT2D eigenvalue weighted by Crippen LogP contribution is 2.46. The van der Waals surface area contributed by atoms with Gasteiger partial charge in [-0.25, -0.2) is 4.79 Å². The van der Waals surface area contributed by atoms with E-state index in [1.807, 2.05) is 18.2 Å². The summed E-state index contributed by atoms with van der Waals surface area (Å²) < 4.78 is 6.00. The van der Waals surface area contributed by atoms with Crippen molar-refractivity contribution in [2.45, 2.75) is 12.3 Å². The zero-order valence-electron chi connectivity index (χ0n) is 10.7. The monoisotopic (exact) mass is 318 g/mol. The fourth-order valence-corrected chi connectivity index (χ4v) is 3.62. The van der Waals surface area contributed by atoms with Crippen LogP contribution in [0.2, 0.25) is 0 Å². The number of rotatable bonds is 2. The molecule has 0 amide bonds. The smallest absolute Gasteiger partial charge is 0.334 e. The summed E-state index contributed by atoms with van der Waals surface area (Å²) in [5.74, 6) is 0.764. The van der Waals surface area contributed by atoms with Crippen LogP contribution in [-0.4, -0.2) is 13.1 Å². The Bertz CT molecular complexity index is 574. The van der Waals surface area contributed by atoms with E-state index >= 15 is 0 Å². The lowest BCUT2D eigenvalue weighted by Gasteiger charge is -2.28. The molecule has 3 rings (SSSR count). The van der Waals surface area contributed by atoms with E-state index in [1.165, 1.54) is 12.7 Å². The van der Waals surface area contributed by atoms with Gasteiger partial charge in [-0.05, 0) is 24.0 Å². The van der Waals surface area contributed by atoms with E-state index in [0.29, 0.717) is 5.92 Å². The van der Waals surface area contributed by atoms with Gasteiger partial charge < -0.3 is 4.74 Å². The molecule has 0 saturated heterocycles. The molecule has 2 aliphatic carbocycles. The summed E-state index contributed by atoms with van der Waals surface area (Å²) in [5, 5.41) is 0. The Kier molecular flexibility index (Phi) is 3.31. The molecule has 0 radical (unpaired) electrons. The van der Waals surface area contributed by atoms with E-state index in [9.17, 15) is 4.79 Å². The van der Waals surface area contributed by atoms with Crippen LogP contribution in [0.1, 0.15) is 17.9 Å². The number of allylic oxidation sites excluding steroid dienone is 3. The van der Waals surface area contributed by atoms with Gasteiger partial charge >= 0.3 is 5.97 Å². The quantitative estimate of drug-likeness (QED) is 0.611. The lowest BCUT2D eigenvalue weighted by atomic mass is 9.77. The Morgan fingerprint density at radius 2 is 2.11 bits per heavy atom. The second-order valence-corrected chi connectivity index (χ2v) is 5.91. The van der Waals surface area contributed by atoms with E-state index in [0.717, 1.165) is 16.5 Å². The molecule has 2 nitrogen and oxygen atoms in total. The Hall–Kier alpha value is -1.35. The predicted molar refractivity (Wildman–Crippen MR) is 77.7 cm³/mol. The van der Waals surface area contributed by atoms with Crippen molar-refractivity contribution in [2.24, 2.45) is 11.8 Å². The van der Waals surface area contributed by atoms with Crippen molar-refractivity contribution in [3.63, 3.8) is 0 Å². The summed E-state index contributed by atoms with van der Waals surface area (Å²) in [6.07, 6.45) is 7.48. The second kappa shape index (κ2) is 4.97. The summed E-state index contributed by atoms with van der Waals surface area (Å²) in [5.41, 5.74) is 2.03. The van der Waals surface area contributed by atoms with E-state index in [2.05, 4.69) is 40.2 Å². The van der Waals surface area contributed by atoms with Gasteiger partial charge in [-0.3, -0.25) is 0 Å². The number of methoxy groups -OCH3 is 1. The van der Waals surface area contributed by atoms with Crippen molar-refractivity contribution < 1.29 is 9.53 Å². The van der Waals surface area contributed by atoms with Crippen LogP contribution in [0.4, 0.5) is 0 Å². The van der Waals surface area contributed by atoms with E-state index in [1.54, 1.807) is 0 Å². The molecule has 2 aliphatic rings. The highest BCUT2D eigenvalue weighted by Gasteiger charge is 2.36. The summed E-state index contributed by atoms with van der Waals surface area (Å²) in [7, 11) is 1.45. The first-order valence-corrected chi connectivity index (χ1v) is 7.23. The summed E-state index contributed by atoms with van der Waals surface area (Å²) in [6, 6.07) is 8.21. The van der Waals surface area contributed by atoms with Crippen LogP contribution >= 0.6 is 15.9 Å². The molecule has 0 fully saturated rings. The van der Waals surface area contributed by atoms with Gasteiger partial charge in [-0.2, -0.15) is 0 Å². The first-order valence-electron chi connectivity index (χ1n) is 6.43. The zero-order chi connectivity index (χ0) is 13.4. The van der Waals surface area contributed by atoms with Crippen LogP contribution in [0.5, 0.6) is 0 Å². The first-order chi connectivity index (χ1) is 9.20. The van der Waals surface area contributed by atoms with Gasteiger partial charge in [0.05, 0.1) is 7.11 Å². The van der Waals surface area contributed by atoms with E-state index < -0.39 is 0 Å². The first kappa shape index (κ1) is 12.7. The molecule has 0 unspecified atom stereocenters. The predicted octanol–water partition coefficient (Wildman–Crippen LogP) is 3.84. The maximum atomic E-state index is 11.9. The van der Waals surface area contributed by atoms with Crippen molar-refractivity contribution in [3.05, 3.63) is 58.1 Å². The van der Waals surface area contributed by atoms with E-state index in [4.69, 9.17) is 4.74 Å². The second-order valence-electron chi connectivity index (χ2n) is 5.05. The number of ether oxygens (including phenoxy) is 1. The maximum absolute atomic E-state index is 11.9. The molecule has 1 aromatic carbocycles. The SMILES string of the molecule is COC(=O)C1=C[C@H](c2ccccc2Br)[C@@H]2C=C[C@H]1C2. The van der Waals surface area contributed by atoms with Crippen molar-refractivity contribution in [1.82, 2.24) is 0 Å². The molecule has 3 atom stereocenters. The number of halogens is 1. The third-order valence-electron chi connectivity index (χ3n) is 4.02. The summed E-state index contributed by atoms with van der Waals surface area (Å²) in [4.78, 5) is 11.9.